The smallest absolute Gasteiger partial charge is 0.129 e. The molecule has 0 bridgehead atoms. The van der Waals surface area contributed by atoms with Crippen LogP contribution in [-0.4, -0.2) is 4.98 Å². The number of aromatic nitrogens is 1. The minimum atomic E-state index is -0.0429. The Morgan fingerprint density at radius 2 is 2.18 bits per heavy atom. The molecule has 0 saturated heterocycles. The molecule has 1 atom stereocenters. The van der Waals surface area contributed by atoms with Gasteiger partial charge >= 0.3 is 0 Å². The topological polar surface area (TPSA) is 38.9 Å². The summed E-state index contributed by atoms with van der Waals surface area (Å²) in [5, 5.41) is 0.495. The fourth-order valence-electron chi connectivity index (χ4n) is 0.678. The fourth-order valence-corrected chi connectivity index (χ4v) is 0.848. The summed E-state index contributed by atoms with van der Waals surface area (Å²) in [4.78, 5) is 4.01. The highest BCUT2D eigenvalue weighted by Gasteiger charge is 1.99. The molecule has 4 heteroatoms. The predicted molar refractivity (Wildman–Crippen MR) is 49.1 cm³/mol. The molecule has 2 N–H and O–H groups in total. The molecule has 1 rings (SSSR count). The monoisotopic (exact) mass is 192 g/mol. The standard InChI is InChI=1S/C7H9ClN2.ClH/c1-5(9)6-3-2-4-7(8)10-6;/h2-5H,9H2,1H3;1H/t5-;/m0./s1. The summed E-state index contributed by atoms with van der Waals surface area (Å²) < 4.78 is 0. The second-order valence-electron chi connectivity index (χ2n) is 2.17. The first-order chi connectivity index (χ1) is 4.70. The van der Waals surface area contributed by atoms with Crippen LogP contribution in [0.4, 0.5) is 0 Å². The molecule has 0 saturated carbocycles. The van der Waals surface area contributed by atoms with Gasteiger partial charge in [-0.1, -0.05) is 17.7 Å². The molecule has 0 amide bonds. The van der Waals surface area contributed by atoms with Gasteiger partial charge in [0.05, 0.1) is 5.69 Å². The second-order valence-corrected chi connectivity index (χ2v) is 2.56. The summed E-state index contributed by atoms with van der Waals surface area (Å²) in [7, 11) is 0. The first kappa shape index (κ1) is 10.7. The quantitative estimate of drug-likeness (QED) is 0.694. The maximum absolute atomic E-state index is 5.62. The molecule has 0 aromatic carbocycles. The van der Waals surface area contributed by atoms with Crippen molar-refractivity contribution in [2.24, 2.45) is 5.73 Å². The van der Waals surface area contributed by atoms with Crippen molar-refractivity contribution in [3.05, 3.63) is 29.0 Å². The maximum Gasteiger partial charge on any atom is 0.129 e. The van der Waals surface area contributed by atoms with Gasteiger partial charge in [-0.2, -0.15) is 0 Å². The minimum Gasteiger partial charge on any atom is -0.323 e. The molecule has 0 spiro atoms. The molecule has 0 aliphatic rings. The van der Waals surface area contributed by atoms with Gasteiger partial charge in [-0.25, -0.2) is 4.98 Å². The Labute approximate surface area is 77.2 Å². The summed E-state index contributed by atoms with van der Waals surface area (Å²) in [6.45, 7) is 1.87. The van der Waals surface area contributed by atoms with Crippen molar-refractivity contribution in [3.63, 3.8) is 0 Å². The number of hydrogen-bond acceptors (Lipinski definition) is 2. The molecule has 1 aromatic heterocycles. The lowest BCUT2D eigenvalue weighted by atomic mass is 10.2. The fraction of sp³-hybridized carbons (Fsp3) is 0.286. The van der Waals surface area contributed by atoms with Crippen molar-refractivity contribution in [2.75, 3.05) is 0 Å². The van der Waals surface area contributed by atoms with E-state index in [-0.39, 0.29) is 18.4 Å². The Morgan fingerprint density at radius 1 is 1.55 bits per heavy atom. The molecule has 0 unspecified atom stereocenters. The highest BCUT2D eigenvalue weighted by molar-refractivity contribution is 6.29. The van der Waals surface area contributed by atoms with Crippen molar-refractivity contribution in [3.8, 4) is 0 Å². The summed E-state index contributed by atoms with van der Waals surface area (Å²) in [5.41, 5.74) is 6.39. The number of pyridine rings is 1. The first-order valence-corrected chi connectivity index (χ1v) is 3.46. The first-order valence-electron chi connectivity index (χ1n) is 3.08. The number of halogens is 2. The van der Waals surface area contributed by atoms with Crippen LogP contribution in [0.2, 0.25) is 5.15 Å². The third-order valence-electron chi connectivity index (χ3n) is 1.20. The van der Waals surface area contributed by atoms with Crippen LogP contribution in [0.3, 0.4) is 0 Å². The van der Waals surface area contributed by atoms with E-state index >= 15 is 0 Å². The minimum absolute atomic E-state index is 0. The number of nitrogens with two attached hydrogens (primary N) is 1. The molecular formula is C7H10Cl2N2. The third kappa shape index (κ3) is 3.06. The molecule has 2 nitrogen and oxygen atoms in total. The molecule has 1 heterocycles. The Hall–Kier alpha value is -0.310. The summed E-state index contributed by atoms with van der Waals surface area (Å²) in [6.07, 6.45) is 0. The molecular weight excluding hydrogens is 183 g/mol. The van der Waals surface area contributed by atoms with E-state index < -0.39 is 0 Å². The van der Waals surface area contributed by atoms with Crippen molar-refractivity contribution in [2.45, 2.75) is 13.0 Å². The molecule has 0 radical (unpaired) electrons. The van der Waals surface area contributed by atoms with E-state index in [9.17, 15) is 0 Å². The van der Waals surface area contributed by atoms with Crippen molar-refractivity contribution in [1.29, 1.82) is 0 Å². The lowest BCUT2D eigenvalue weighted by Crippen LogP contribution is -2.06. The SMILES string of the molecule is C[C@H](N)c1cccc(Cl)n1.Cl. The van der Waals surface area contributed by atoms with Crippen LogP contribution in [0.5, 0.6) is 0 Å². The Morgan fingerprint density at radius 3 is 2.55 bits per heavy atom. The van der Waals surface area contributed by atoms with Crippen LogP contribution >= 0.6 is 24.0 Å². The lowest BCUT2D eigenvalue weighted by molar-refractivity contribution is 0.781. The van der Waals surface area contributed by atoms with E-state index in [1.165, 1.54) is 0 Å². The average Bonchev–Trinajstić information content (AvgIpc) is 1.88. The van der Waals surface area contributed by atoms with Crippen molar-refractivity contribution >= 4 is 24.0 Å². The van der Waals surface area contributed by atoms with Crippen molar-refractivity contribution < 1.29 is 0 Å². The van der Waals surface area contributed by atoms with E-state index in [1.54, 1.807) is 6.07 Å². The van der Waals surface area contributed by atoms with Crippen molar-refractivity contribution in [1.82, 2.24) is 4.98 Å². The molecule has 0 fully saturated rings. The highest BCUT2D eigenvalue weighted by atomic mass is 35.5. The van der Waals surface area contributed by atoms with Crippen LogP contribution in [0, 0.1) is 0 Å². The molecule has 62 valence electrons. The number of nitrogens with zero attached hydrogens (tertiary/aromatic N) is 1. The van der Waals surface area contributed by atoms with Gasteiger partial charge in [0.15, 0.2) is 0 Å². The largest absolute Gasteiger partial charge is 0.323 e. The van der Waals surface area contributed by atoms with E-state index in [0.717, 1.165) is 5.69 Å². The summed E-state index contributed by atoms with van der Waals surface area (Å²) >= 11 is 5.62. The number of hydrogen-bond donors (Lipinski definition) is 1. The highest BCUT2D eigenvalue weighted by Crippen LogP contribution is 2.09. The zero-order valence-corrected chi connectivity index (χ0v) is 7.69. The lowest BCUT2D eigenvalue weighted by Gasteiger charge is -2.02. The molecule has 11 heavy (non-hydrogen) atoms. The zero-order valence-electron chi connectivity index (χ0n) is 6.12. The maximum atomic E-state index is 5.62. The van der Waals surface area contributed by atoms with Crippen LogP contribution in [0.15, 0.2) is 18.2 Å². The third-order valence-corrected chi connectivity index (χ3v) is 1.41. The van der Waals surface area contributed by atoms with Gasteiger partial charge in [0.2, 0.25) is 0 Å². The molecule has 0 aliphatic carbocycles. The molecule has 1 aromatic rings. The summed E-state index contributed by atoms with van der Waals surface area (Å²) in [5.74, 6) is 0. The van der Waals surface area contributed by atoms with Gasteiger partial charge in [-0.15, -0.1) is 12.4 Å². The number of rotatable bonds is 1. The van der Waals surface area contributed by atoms with Crippen LogP contribution in [-0.2, 0) is 0 Å². The van der Waals surface area contributed by atoms with Gasteiger partial charge in [0.1, 0.15) is 5.15 Å². The average molecular weight is 193 g/mol. The second kappa shape index (κ2) is 4.54. The Balaban J connectivity index is 0.000001000. The van der Waals surface area contributed by atoms with Gasteiger partial charge in [0.25, 0.3) is 0 Å². The van der Waals surface area contributed by atoms with Crippen LogP contribution in [0.25, 0.3) is 0 Å². The normalized spacial score (nSPS) is 11.9. The molecule has 0 aliphatic heterocycles. The van der Waals surface area contributed by atoms with E-state index in [1.807, 2.05) is 19.1 Å². The Kier molecular flexibility index (Phi) is 4.42. The van der Waals surface area contributed by atoms with Crippen LogP contribution in [0.1, 0.15) is 18.7 Å². The predicted octanol–water partition coefficient (Wildman–Crippen LogP) is 2.18. The van der Waals surface area contributed by atoms with E-state index in [4.69, 9.17) is 17.3 Å². The van der Waals surface area contributed by atoms with Gasteiger partial charge in [-0.3, -0.25) is 0 Å². The van der Waals surface area contributed by atoms with Crippen LogP contribution < -0.4 is 5.73 Å². The van der Waals surface area contributed by atoms with E-state index in [0.29, 0.717) is 5.15 Å². The zero-order chi connectivity index (χ0) is 7.56. The van der Waals surface area contributed by atoms with Gasteiger partial charge in [0, 0.05) is 6.04 Å². The van der Waals surface area contributed by atoms with Gasteiger partial charge in [-0.05, 0) is 19.1 Å². The van der Waals surface area contributed by atoms with Gasteiger partial charge < -0.3 is 5.73 Å². The van der Waals surface area contributed by atoms with E-state index in [2.05, 4.69) is 4.98 Å². The Bertz CT molecular complexity index is 225. The summed E-state index contributed by atoms with van der Waals surface area (Å²) in [6, 6.07) is 5.39.